The van der Waals surface area contributed by atoms with Crippen LogP contribution in [0.4, 0.5) is 5.69 Å². The van der Waals surface area contributed by atoms with Gasteiger partial charge in [0.15, 0.2) is 0 Å². The molecule has 1 aromatic carbocycles. The van der Waals surface area contributed by atoms with Crippen LogP contribution in [-0.2, 0) is 11.3 Å². The fourth-order valence-electron chi connectivity index (χ4n) is 3.49. The monoisotopic (exact) mass is 374 g/mol. The first kappa shape index (κ1) is 18.1. The minimum Gasteiger partial charge on any atom is -0.329 e. The Morgan fingerprint density at radius 3 is 2.82 bits per heavy atom. The second-order valence-electron chi connectivity index (χ2n) is 7.09. The Labute approximate surface area is 162 Å². The summed E-state index contributed by atoms with van der Waals surface area (Å²) in [6.45, 7) is 4.34. The molecular formula is C22H22N4O2. The van der Waals surface area contributed by atoms with Gasteiger partial charge >= 0.3 is 0 Å². The summed E-state index contributed by atoms with van der Waals surface area (Å²) < 4.78 is 0. The average Bonchev–Trinajstić information content (AvgIpc) is 2.71. The summed E-state index contributed by atoms with van der Waals surface area (Å²) in [5.74, 6) is -0.0733. The topological polar surface area (TPSA) is 78.1 Å². The van der Waals surface area contributed by atoms with Crippen molar-refractivity contribution in [2.45, 2.75) is 19.9 Å². The molecule has 0 saturated heterocycles. The van der Waals surface area contributed by atoms with E-state index in [2.05, 4.69) is 20.2 Å². The number of rotatable bonds is 4. The number of carbonyl (C=O) groups excluding carboxylic acids is 1. The third kappa shape index (κ3) is 3.87. The van der Waals surface area contributed by atoms with E-state index in [1.165, 1.54) is 5.56 Å². The average molecular weight is 374 g/mol. The van der Waals surface area contributed by atoms with Crippen molar-refractivity contribution in [1.29, 1.82) is 0 Å². The highest BCUT2D eigenvalue weighted by Crippen LogP contribution is 2.23. The van der Waals surface area contributed by atoms with Crippen LogP contribution in [0.2, 0.25) is 0 Å². The number of anilines is 1. The van der Waals surface area contributed by atoms with Crippen molar-refractivity contribution in [3.63, 3.8) is 0 Å². The number of carbonyl (C=O) groups is 1. The third-order valence-electron chi connectivity index (χ3n) is 5.11. The van der Waals surface area contributed by atoms with E-state index < -0.39 is 0 Å². The Balaban J connectivity index is 1.45. The molecule has 0 saturated carbocycles. The lowest BCUT2D eigenvalue weighted by molar-refractivity contribution is -0.113. The number of H-pyrrole nitrogens is 1. The van der Waals surface area contributed by atoms with Gasteiger partial charge in [0.25, 0.3) is 11.5 Å². The highest BCUT2D eigenvalue weighted by atomic mass is 16.1. The molecular weight excluding hydrogens is 352 g/mol. The summed E-state index contributed by atoms with van der Waals surface area (Å²) in [6.07, 6.45) is 7.93. The van der Waals surface area contributed by atoms with E-state index in [1.807, 2.05) is 43.3 Å². The van der Waals surface area contributed by atoms with Crippen molar-refractivity contribution in [1.82, 2.24) is 14.9 Å². The van der Waals surface area contributed by atoms with E-state index in [0.29, 0.717) is 11.8 Å². The number of hydrogen-bond donors (Lipinski definition) is 2. The van der Waals surface area contributed by atoms with Gasteiger partial charge in [-0.25, -0.2) is 0 Å². The van der Waals surface area contributed by atoms with Crippen molar-refractivity contribution in [3.05, 3.63) is 82.1 Å². The summed E-state index contributed by atoms with van der Waals surface area (Å²) in [5, 5.41) is 4.45. The molecule has 0 bridgehead atoms. The van der Waals surface area contributed by atoms with Crippen LogP contribution in [0, 0.1) is 6.92 Å². The first-order valence-electron chi connectivity index (χ1n) is 9.34. The Morgan fingerprint density at radius 1 is 1.25 bits per heavy atom. The largest absolute Gasteiger partial charge is 0.329 e. The highest BCUT2D eigenvalue weighted by Gasteiger charge is 2.18. The summed E-state index contributed by atoms with van der Waals surface area (Å²) in [4.78, 5) is 33.6. The third-order valence-corrected chi connectivity index (χ3v) is 5.11. The molecule has 0 spiro atoms. The maximum Gasteiger partial charge on any atom is 0.255 e. The number of nitrogens with one attached hydrogen (secondary N) is 2. The van der Waals surface area contributed by atoms with Gasteiger partial charge in [0.1, 0.15) is 0 Å². The molecule has 0 unspecified atom stereocenters. The van der Waals surface area contributed by atoms with E-state index in [1.54, 1.807) is 18.6 Å². The highest BCUT2D eigenvalue weighted by molar-refractivity contribution is 6.05. The first-order chi connectivity index (χ1) is 13.6. The normalized spacial score (nSPS) is 14.7. The Morgan fingerprint density at radius 2 is 2.07 bits per heavy atom. The number of aryl methyl sites for hydroxylation is 1. The maximum atomic E-state index is 12.7. The molecule has 6 nitrogen and oxygen atoms in total. The molecule has 1 aliphatic heterocycles. The number of pyridine rings is 2. The van der Waals surface area contributed by atoms with Crippen molar-refractivity contribution < 1.29 is 4.79 Å². The van der Waals surface area contributed by atoms with Crippen LogP contribution < -0.4 is 10.9 Å². The zero-order chi connectivity index (χ0) is 19.5. The quantitative estimate of drug-likeness (QED) is 0.736. The first-order valence-corrected chi connectivity index (χ1v) is 9.34. The SMILES string of the molecule is Cc1cc2c(=O)[nH]ccc2cc1NC(=O)C1=CCN(Cc2ccncc2)CC1. The van der Waals surface area contributed by atoms with Gasteiger partial charge in [-0.05, 0) is 60.2 Å². The summed E-state index contributed by atoms with van der Waals surface area (Å²) in [7, 11) is 0. The molecule has 0 aliphatic carbocycles. The number of aromatic nitrogens is 2. The Hall–Kier alpha value is -3.25. The lowest BCUT2D eigenvalue weighted by atomic mass is 10.0. The van der Waals surface area contributed by atoms with E-state index in [0.717, 1.165) is 41.8 Å². The maximum absolute atomic E-state index is 12.7. The fraction of sp³-hybridized carbons (Fsp3) is 0.227. The van der Waals surface area contributed by atoms with Crippen LogP contribution in [0.15, 0.2) is 65.4 Å². The lowest BCUT2D eigenvalue weighted by Crippen LogP contribution is -2.31. The van der Waals surface area contributed by atoms with E-state index in [-0.39, 0.29) is 11.5 Å². The van der Waals surface area contributed by atoms with Gasteiger partial charge in [-0.15, -0.1) is 0 Å². The zero-order valence-corrected chi connectivity index (χ0v) is 15.7. The predicted octanol–water partition coefficient (Wildman–Crippen LogP) is 3.00. The van der Waals surface area contributed by atoms with Gasteiger partial charge in [0.05, 0.1) is 0 Å². The van der Waals surface area contributed by atoms with Crippen LogP contribution in [0.5, 0.6) is 0 Å². The van der Waals surface area contributed by atoms with Gasteiger partial charge in [-0.2, -0.15) is 0 Å². The van der Waals surface area contributed by atoms with Crippen LogP contribution in [-0.4, -0.2) is 33.9 Å². The molecule has 0 fully saturated rings. The van der Waals surface area contributed by atoms with Gasteiger partial charge in [0.2, 0.25) is 0 Å². The number of aromatic amines is 1. The second kappa shape index (κ2) is 7.78. The fourth-order valence-corrected chi connectivity index (χ4v) is 3.49. The molecule has 3 aromatic rings. The van der Waals surface area contributed by atoms with Gasteiger partial charge in [-0.3, -0.25) is 19.5 Å². The molecule has 0 atom stereocenters. The standard InChI is InChI=1S/C22H22N4O2/c1-15-12-19-18(4-9-24-22(19)28)13-20(15)25-21(27)17-5-10-26(11-6-17)14-16-2-7-23-8-3-16/h2-5,7-9,12-13H,6,10-11,14H2,1H3,(H,24,28)(H,25,27). The van der Waals surface area contributed by atoms with Gasteiger partial charge in [0, 0.05) is 54.9 Å². The zero-order valence-electron chi connectivity index (χ0n) is 15.7. The van der Waals surface area contributed by atoms with E-state index in [9.17, 15) is 9.59 Å². The van der Waals surface area contributed by atoms with Crippen molar-refractivity contribution in [2.24, 2.45) is 0 Å². The minimum atomic E-state index is -0.122. The Kier molecular flexibility index (Phi) is 5.04. The molecule has 28 heavy (non-hydrogen) atoms. The Bertz CT molecular complexity index is 1100. The van der Waals surface area contributed by atoms with Crippen LogP contribution >= 0.6 is 0 Å². The molecule has 3 heterocycles. The number of nitrogens with zero attached hydrogens (tertiary/aromatic N) is 2. The molecule has 4 rings (SSSR count). The van der Waals surface area contributed by atoms with E-state index in [4.69, 9.17) is 0 Å². The van der Waals surface area contributed by atoms with Crippen molar-refractivity contribution in [2.75, 3.05) is 18.4 Å². The predicted molar refractivity (Wildman–Crippen MR) is 110 cm³/mol. The number of hydrogen-bond acceptors (Lipinski definition) is 4. The minimum absolute atomic E-state index is 0.0733. The summed E-state index contributed by atoms with van der Waals surface area (Å²) in [6, 6.07) is 9.54. The molecule has 1 aliphatic rings. The smallest absolute Gasteiger partial charge is 0.255 e. The number of amides is 1. The van der Waals surface area contributed by atoms with Crippen molar-refractivity contribution >= 4 is 22.4 Å². The molecule has 1 amide bonds. The van der Waals surface area contributed by atoms with Crippen LogP contribution in [0.3, 0.4) is 0 Å². The van der Waals surface area contributed by atoms with Crippen LogP contribution in [0.25, 0.3) is 10.8 Å². The van der Waals surface area contributed by atoms with Crippen LogP contribution in [0.1, 0.15) is 17.5 Å². The summed E-state index contributed by atoms with van der Waals surface area (Å²) >= 11 is 0. The van der Waals surface area contributed by atoms with Crippen molar-refractivity contribution in [3.8, 4) is 0 Å². The number of benzene rings is 1. The van der Waals surface area contributed by atoms with Gasteiger partial charge < -0.3 is 10.3 Å². The second-order valence-corrected chi connectivity index (χ2v) is 7.09. The number of fused-ring (bicyclic) bond motifs is 1. The molecule has 2 aromatic heterocycles. The van der Waals surface area contributed by atoms with E-state index >= 15 is 0 Å². The molecule has 6 heteroatoms. The lowest BCUT2D eigenvalue weighted by Gasteiger charge is -2.26. The van der Waals surface area contributed by atoms with Gasteiger partial charge in [-0.1, -0.05) is 6.08 Å². The molecule has 2 N–H and O–H groups in total. The molecule has 142 valence electrons. The summed E-state index contributed by atoms with van der Waals surface area (Å²) in [5.41, 5.74) is 3.51. The molecule has 0 radical (unpaired) electrons.